The molecule has 0 amide bonds. The van der Waals surface area contributed by atoms with Crippen molar-refractivity contribution in [3.8, 4) is 0 Å². The fourth-order valence-electron chi connectivity index (χ4n) is 3.81. The van der Waals surface area contributed by atoms with Gasteiger partial charge in [-0.3, -0.25) is 4.90 Å². The van der Waals surface area contributed by atoms with Crippen LogP contribution in [-0.2, 0) is 25.5 Å². The van der Waals surface area contributed by atoms with E-state index in [9.17, 15) is 5.11 Å². The molecule has 6 heteroatoms. The molecule has 25 heavy (non-hydrogen) atoms. The Kier molecular flexibility index (Phi) is 5.48. The first-order chi connectivity index (χ1) is 11.9. The molecule has 0 bridgehead atoms. The van der Waals surface area contributed by atoms with Gasteiger partial charge in [0.1, 0.15) is 6.10 Å². The number of rotatable bonds is 5. The Morgan fingerprint density at radius 3 is 2.32 bits per heavy atom. The number of aliphatic hydroxyl groups excluding tert-OH is 1. The number of hydrogen-bond donors (Lipinski definition) is 1. The topological polar surface area (TPSA) is 60.4 Å². The van der Waals surface area contributed by atoms with Gasteiger partial charge in [0.2, 0.25) is 11.6 Å². The highest BCUT2D eigenvalue weighted by Gasteiger charge is 2.59. The lowest BCUT2D eigenvalue weighted by Gasteiger charge is -2.56. The zero-order valence-electron chi connectivity index (χ0n) is 15.5. The number of ether oxygens (including phenoxy) is 4. The second kappa shape index (κ2) is 7.31. The van der Waals surface area contributed by atoms with Crippen molar-refractivity contribution >= 4 is 0 Å². The van der Waals surface area contributed by atoms with E-state index in [4.69, 9.17) is 18.9 Å². The number of piperidine rings is 1. The van der Waals surface area contributed by atoms with Gasteiger partial charge in [0.25, 0.3) is 0 Å². The van der Waals surface area contributed by atoms with E-state index in [1.807, 2.05) is 32.0 Å². The molecule has 0 spiro atoms. The van der Waals surface area contributed by atoms with Crippen LogP contribution in [0.15, 0.2) is 30.3 Å². The van der Waals surface area contributed by atoms with Gasteiger partial charge in [-0.1, -0.05) is 30.3 Å². The second-order valence-corrected chi connectivity index (χ2v) is 7.16. The molecule has 0 saturated carbocycles. The molecule has 2 heterocycles. The van der Waals surface area contributed by atoms with Crippen molar-refractivity contribution in [2.75, 3.05) is 33.9 Å². The molecule has 6 nitrogen and oxygen atoms in total. The molecule has 2 aliphatic rings. The molecule has 3 rings (SSSR count). The molecular formula is C19H29NO5. The molecule has 2 fully saturated rings. The SMILES string of the molecule is CO[C@@]1(C)O[C@@H]2[C@@H](CO)CN(Cc3ccccc3)C[C@H]2O[C@]1(C)OC. The molecule has 2 aliphatic heterocycles. The summed E-state index contributed by atoms with van der Waals surface area (Å²) in [5.41, 5.74) is 1.24. The third-order valence-electron chi connectivity index (χ3n) is 5.59. The van der Waals surface area contributed by atoms with Crippen molar-refractivity contribution in [2.45, 2.75) is 44.2 Å². The Morgan fingerprint density at radius 2 is 1.72 bits per heavy atom. The minimum absolute atomic E-state index is 0.0410. The van der Waals surface area contributed by atoms with Crippen molar-refractivity contribution in [3.63, 3.8) is 0 Å². The number of fused-ring (bicyclic) bond motifs is 1. The summed E-state index contributed by atoms with van der Waals surface area (Å²) < 4.78 is 23.8. The highest BCUT2D eigenvalue weighted by molar-refractivity contribution is 5.15. The lowest BCUT2D eigenvalue weighted by atomic mass is 9.89. The number of likely N-dealkylation sites (tertiary alicyclic amines) is 1. The van der Waals surface area contributed by atoms with Crippen LogP contribution in [0.1, 0.15) is 19.4 Å². The van der Waals surface area contributed by atoms with Gasteiger partial charge < -0.3 is 24.1 Å². The lowest BCUT2D eigenvalue weighted by Crippen LogP contribution is -2.70. The molecule has 0 aromatic heterocycles. The van der Waals surface area contributed by atoms with Crippen LogP contribution in [0.4, 0.5) is 0 Å². The zero-order chi connectivity index (χ0) is 18.1. The van der Waals surface area contributed by atoms with Gasteiger partial charge in [-0.05, 0) is 19.4 Å². The third kappa shape index (κ3) is 3.47. The number of hydrogen-bond acceptors (Lipinski definition) is 6. The minimum atomic E-state index is -1.03. The van der Waals surface area contributed by atoms with Gasteiger partial charge in [-0.15, -0.1) is 0 Å². The number of nitrogens with zero attached hydrogens (tertiary/aromatic N) is 1. The van der Waals surface area contributed by atoms with Gasteiger partial charge in [0, 0.05) is 46.4 Å². The Hall–Kier alpha value is -1.02. The minimum Gasteiger partial charge on any atom is -0.396 e. The van der Waals surface area contributed by atoms with Crippen molar-refractivity contribution in [3.05, 3.63) is 35.9 Å². The van der Waals surface area contributed by atoms with Gasteiger partial charge in [-0.25, -0.2) is 0 Å². The number of aliphatic hydroxyl groups is 1. The summed E-state index contributed by atoms with van der Waals surface area (Å²) in [5, 5.41) is 9.91. The van der Waals surface area contributed by atoms with Crippen LogP contribution < -0.4 is 0 Å². The summed E-state index contributed by atoms with van der Waals surface area (Å²) in [5.74, 6) is -2.09. The number of methoxy groups -OCH3 is 2. The quantitative estimate of drug-likeness (QED) is 0.870. The molecule has 1 aromatic carbocycles. The standard InChI is InChI=1S/C19H29NO5/c1-18(22-3)19(2,23-4)25-17-15(13-21)11-20(12-16(17)24-18)10-14-8-6-5-7-9-14/h5-9,15-17,21H,10-13H2,1-4H3/t15-,16-,17-,18+,19+/m1/s1. The van der Waals surface area contributed by atoms with Gasteiger partial charge in [0.15, 0.2) is 0 Å². The molecule has 5 atom stereocenters. The van der Waals surface area contributed by atoms with Crippen molar-refractivity contribution < 1.29 is 24.1 Å². The van der Waals surface area contributed by atoms with Crippen LogP contribution in [0.3, 0.4) is 0 Å². The van der Waals surface area contributed by atoms with Gasteiger partial charge >= 0.3 is 0 Å². The fourth-order valence-corrected chi connectivity index (χ4v) is 3.81. The summed E-state index contributed by atoms with van der Waals surface area (Å²) >= 11 is 0. The van der Waals surface area contributed by atoms with E-state index >= 15 is 0 Å². The molecule has 0 aliphatic carbocycles. The summed E-state index contributed by atoms with van der Waals surface area (Å²) in [7, 11) is 3.18. The van der Waals surface area contributed by atoms with Crippen LogP contribution >= 0.6 is 0 Å². The van der Waals surface area contributed by atoms with Crippen molar-refractivity contribution in [1.29, 1.82) is 0 Å². The van der Waals surface area contributed by atoms with Crippen LogP contribution in [0.25, 0.3) is 0 Å². The Balaban J connectivity index is 1.79. The number of benzene rings is 1. The van der Waals surface area contributed by atoms with Crippen LogP contribution in [0, 0.1) is 5.92 Å². The van der Waals surface area contributed by atoms with E-state index in [1.165, 1.54) is 5.56 Å². The van der Waals surface area contributed by atoms with Gasteiger partial charge in [0.05, 0.1) is 6.10 Å². The lowest BCUT2D eigenvalue weighted by molar-refractivity contribution is -0.457. The maximum Gasteiger partial charge on any atom is 0.220 e. The highest BCUT2D eigenvalue weighted by Crippen LogP contribution is 2.42. The average Bonchev–Trinajstić information content (AvgIpc) is 2.63. The maximum absolute atomic E-state index is 9.91. The molecule has 0 radical (unpaired) electrons. The van der Waals surface area contributed by atoms with E-state index in [0.29, 0.717) is 0 Å². The molecule has 2 saturated heterocycles. The average molecular weight is 351 g/mol. The summed E-state index contributed by atoms with van der Waals surface area (Å²) in [6.07, 6.45) is -0.423. The van der Waals surface area contributed by atoms with Crippen molar-refractivity contribution in [1.82, 2.24) is 4.90 Å². The predicted octanol–water partition coefficient (Wildman–Crippen LogP) is 1.62. The smallest absolute Gasteiger partial charge is 0.220 e. The summed E-state index contributed by atoms with van der Waals surface area (Å²) in [6, 6.07) is 10.3. The maximum atomic E-state index is 9.91. The van der Waals surface area contributed by atoms with Crippen LogP contribution in [0.5, 0.6) is 0 Å². The van der Waals surface area contributed by atoms with E-state index in [-0.39, 0.29) is 24.7 Å². The molecule has 1 aromatic rings. The highest BCUT2D eigenvalue weighted by atomic mass is 16.8. The molecular weight excluding hydrogens is 322 g/mol. The Bertz CT molecular complexity index is 570. The predicted molar refractivity (Wildman–Crippen MR) is 92.9 cm³/mol. The van der Waals surface area contributed by atoms with E-state index < -0.39 is 11.6 Å². The first-order valence-corrected chi connectivity index (χ1v) is 8.77. The Labute approximate surface area is 149 Å². The molecule has 140 valence electrons. The van der Waals surface area contributed by atoms with Crippen LogP contribution in [-0.4, -0.2) is 67.7 Å². The summed E-state index contributed by atoms with van der Waals surface area (Å²) in [4.78, 5) is 2.30. The Morgan fingerprint density at radius 1 is 1.08 bits per heavy atom. The van der Waals surface area contributed by atoms with Gasteiger partial charge in [-0.2, -0.15) is 0 Å². The monoisotopic (exact) mass is 351 g/mol. The summed E-state index contributed by atoms with van der Waals surface area (Å²) in [6.45, 7) is 5.97. The van der Waals surface area contributed by atoms with E-state index in [0.717, 1.165) is 19.6 Å². The normalized spacial score (nSPS) is 39.2. The third-order valence-corrected chi connectivity index (χ3v) is 5.59. The molecule has 1 N–H and O–H groups in total. The zero-order valence-corrected chi connectivity index (χ0v) is 15.5. The van der Waals surface area contributed by atoms with Crippen LogP contribution in [0.2, 0.25) is 0 Å². The first kappa shape index (κ1) is 18.8. The second-order valence-electron chi connectivity index (χ2n) is 7.16. The molecule has 0 unspecified atom stereocenters. The first-order valence-electron chi connectivity index (χ1n) is 8.77. The largest absolute Gasteiger partial charge is 0.396 e. The fraction of sp³-hybridized carbons (Fsp3) is 0.684. The van der Waals surface area contributed by atoms with E-state index in [2.05, 4.69) is 17.0 Å². The van der Waals surface area contributed by atoms with Crippen molar-refractivity contribution in [2.24, 2.45) is 5.92 Å². The van der Waals surface area contributed by atoms with E-state index in [1.54, 1.807) is 14.2 Å².